The van der Waals surface area contributed by atoms with Crippen molar-refractivity contribution in [1.29, 1.82) is 0 Å². The van der Waals surface area contributed by atoms with Gasteiger partial charge in [-0.05, 0) is 30.7 Å². The lowest BCUT2D eigenvalue weighted by Gasteiger charge is -2.08. The summed E-state index contributed by atoms with van der Waals surface area (Å²) in [7, 11) is 0. The molecule has 7 nitrogen and oxygen atoms in total. The van der Waals surface area contributed by atoms with Gasteiger partial charge < -0.3 is 11.1 Å². The Bertz CT molecular complexity index is 1180. The number of nitrogens with one attached hydrogen (secondary N) is 1. The van der Waals surface area contributed by atoms with Crippen LogP contribution in [0.25, 0.3) is 16.8 Å². The van der Waals surface area contributed by atoms with E-state index in [1.807, 2.05) is 37.3 Å². The summed E-state index contributed by atoms with van der Waals surface area (Å²) in [4.78, 5) is 30.1. The van der Waals surface area contributed by atoms with Gasteiger partial charge in [-0.1, -0.05) is 30.3 Å². The van der Waals surface area contributed by atoms with Crippen molar-refractivity contribution < 1.29 is 9.59 Å². The highest BCUT2D eigenvalue weighted by atomic mass is 32.1. The molecule has 144 valence electrons. The number of amides is 2. The number of nitrogens with zero attached hydrogens (tertiary/aromatic N) is 3. The Balaban J connectivity index is 1.69. The number of carbonyl (C=O) groups is 2. The van der Waals surface area contributed by atoms with Gasteiger partial charge in [0.1, 0.15) is 10.7 Å². The largest absolute Gasteiger partial charge is 0.365 e. The van der Waals surface area contributed by atoms with Gasteiger partial charge in [0, 0.05) is 29.0 Å². The molecule has 0 saturated carbocycles. The Morgan fingerprint density at radius 2 is 1.90 bits per heavy atom. The quantitative estimate of drug-likeness (QED) is 0.531. The molecule has 3 heterocycles. The minimum Gasteiger partial charge on any atom is -0.365 e. The molecule has 0 aliphatic heterocycles. The number of aromatic nitrogens is 3. The van der Waals surface area contributed by atoms with Crippen LogP contribution in [0.1, 0.15) is 25.7 Å². The average molecular weight is 403 g/mol. The molecular weight excluding hydrogens is 386 g/mol. The first-order valence-corrected chi connectivity index (χ1v) is 9.62. The lowest BCUT2D eigenvalue weighted by atomic mass is 10.0. The average Bonchev–Trinajstić information content (AvgIpc) is 3.37. The van der Waals surface area contributed by atoms with Crippen LogP contribution in [0.15, 0.2) is 67.1 Å². The monoisotopic (exact) mass is 403 g/mol. The maximum Gasteiger partial charge on any atom is 0.274 e. The van der Waals surface area contributed by atoms with Crippen LogP contribution in [-0.2, 0) is 0 Å². The van der Waals surface area contributed by atoms with Crippen LogP contribution < -0.4 is 11.1 Å². The topological polar surface area (TPSA) is 103 Å². The van der Waals surface area contributed by atoms with E-state index in [1.165, 1.54) is 17.5 Å². The van der Waals surface area contributed by atoms with Crippen LogP contribution in [0.4, 0.5) is 5.00 Å². The fourth-order valence-electron chi connectivity index (χ4n) is 3.10. The van der Waals surface area contributed by atoms with E-state index in [0.717, 1.165) is 16.0 Å². The van der Waals surface area contributed by atoms with E-state index in [2.05, 4.69) is 15.4 Å². The van der Waals surface area contributed by atoms with Gasteiger partial charge >= 0.3 is 0 Å². The fourth-order valence-corrected chi connectivity index (χ4v) is 4.17. The highest BCUT2D eigenvalue weighted by molar-refractivity contribution is 7.17. The summed E-state index contributed by atoms with van der Waals surface area (Å²) in [5.74, 6) is -1.02. The number of rotatable bonds is 5. The van der Waals surface area contributed by atoms with Crippen molar-refractivity contribution >= 4 is 28.2 Å². The number of carbonyl (C=O) groups excluding carboxylic acids is 2. The van der Waals surface area contributed by atoms with Crippen LogP contribution in [-0.4, -0.2) is 26.6 Å². The summed E-state index contributed by atoms with van der Waals surface area (Å²) < 4.78 is 1.64. The lowest BCUT2D eigenvalue weighted by Crippen LogP contribution is -2.18. The molecule has 0 aliphatic rings. The number of thiophene rings is 1. The van der Waals surface area contributed by atoms with Crippen molar-refractivity contribution in [2.75, 3.05) is 5.32 Å². The molecule has 1 aromatic carbocycles. The first kappa shape index (κ1) is 18.6. The van der Waals surface area contributed by atoms with Crippen molar-refractivity contribution in [2.24, 2.45) is 5.73 Å². The third-order valence-electron chi connectivity index (χ3n) is 4.37. The van der Waals surface area contributed by atoms with Crippen LogP contribution in [0.2, 0.25) is 0 Å². The van der Waals surface area contributed by atoms with Crippen molar-refractivity contribution in [3.05, 3.63) is 83.3 Å². The number of pyridine rings is 1. The van der Waals surface area contributed by atoms with Gasteiger partial charge in [-0.25, -0.2) is 4.68 Å². The number of hydrogen-bond donors (Lipinski definition) is 2. The summed E-state index contributed by atoms with van der Waals surface area (Å²) in [6, 6.07) is 14.7. The first-order chi connectivity index (χ1) is 14.0. The van der Waals surface area contributed by atoms with Crippen molar-refractivity contribution in [2.45, 2.75) is 6.92 Å². The highest BCUT2D eigenvalue weighted by Gasteiger charge is 2.23. The Morgan fingerprint density at radius 1 is 1.10 bits per heavy atom. The summed E-state index contributed by atoms with van der Waals surface area (Å²) in [5.41, 5.74) is 8.48. The van der Waals surface area contributed by atoms with Gasteiger partial charge in [0.05, 0.1) is 11.3 Å². The maximum absolute atomic E-state index is 12.8. The molecule has 0 atom stereocenters. The van der Waals surface area contributed by atoms with Gasteiger partial charge in [0.15, 0.2) is 0 Å². The van der Waals surface area contributed by atoms with Crippen molar-refractivity contribution in [3.8, 4) is 16.8 Å². The summed E-state index contributed by atoms with van der Waals surface area (Å²) in [6.45, 7) is 1.89. The Morgan fingerprint density at radius 3 is 2.59 bits per heavy atom. The summed E-state index contributed by atoms with van der Waals surface area (Å²) in [5, 5.41) is 7.36. The van der Waals surface area contributed by atoms with Crippen molar-refractivity contribution in [3.63, 3.8) is 0 Å². The lowest BCUT2D eigenvalue weighted by molar-refractivity contribution is 0.100. The first-order valence-electron chi connectivity index (χ1n) is 8.80. The molecule has 0 unspecified atom stereocenters. The third-order valence-corrected chi connectivity index (χ3v) is 5.39. The van der Waals surface area contributed by atoms with E-state index in [1.54, 1.807) is 35.3 Å². The van der Waals surface area contributed by atoms with Crippen LogP contribution >= 0.6 is 11.3 Å². The van der Waals surface area contributed by atoms with Gasteiger partial charge in [0.25, 0.3) is 11.8 Å². The van der Waals surface area contributed by atoms with Crippen LogP contribution in [0.5, 0.6) is 0 Å². The molecule has 3 N–H and O–H groups in total. The number of primary amides is 1. The van der Waals surface area contributed by atoms with E-state index in [0.29, 0.717) is 16.3 Å². The molecule has 0 fully saturated rings. The summed E-state index contributed by atoms with van der Waals surface area (Å²) in [6.07, 6.45) is 4.96. The van der Waals surface area contributed by atoms with Gasteiger partial charge in [-0.3, -0.25) is 14.6 Å². The van der Waals surface area contributed by atoms with Crippen molar-refractivity contribution in [1.82, 2.24) is 14.8 Å². The zero-order valence-corrected chi connectivity index (χ0v) is 16.3. The van der Waals surface area contributed by atoms with E-state index in [9.17, 15) is 9.59 Å². The molecule has 0 spiro atoms. The fraction of sp³-hybridized carbons (Fsp3) is 0.0476. The second kappa shape index (κ2) is 7.69. The second-order valence-corrected chi connectivity index (χ2v) is 7.50. The Labute approximate surface area is 170 Å². The molecule has 0 saturated heterocycles. The number of aryl methyl sites for hydroxylation is 1. The number of anilines is 1. The summed E-state index contributed by atoms with van der Waals surface area (Å²) >= 11 is 1.31. The van der Waals surface area contributed by atoms with E-state index in [4.69, 9.17) is 5.73 Å². The number of benzene rings is 1. The highest BCUT2D eigenvalue weighted by Crippen LogP contribution is 2.39. The second-order valence-electron chi connectivity index (χ2n) is 6.27. The van der Waals surface area contributed by atoms with E-state index >= 15 is 0 Å². The van der Waals surface area contributed by atoms with Crippen LogP contribution in [0.3, 0.4) is 0 Å². The SMILES string of the molecule is Cc1sc(NC(=O)c2cc(-n3cccn3)ccn2)c(C(N)=O)c1-c1ccccc1. The van der Waals surface area contributed by atoms with E-state index in [-0.39, 0.29) is 5.69 Å². The zero-order valence-electron chi connectivity index (χ0n) is 15.5. The minimum atomic E-state index is -0.596. The third kappa shape index (κ3) is 3.65. The number of hydrogen-bond acceptors (Lipinski definition) is 5. The zero-order chi connectivity index (χ0) is 20.4. The van der Waals surface area contributed by atoms with E-state index < -0.39 is 11.8 Å². The molecule has 0 aliphatic carbocycles. The molecule has 4 aromatic rings. The number of nitrogens with two attached hydrogens (primary N) is 1. The molecule has 0 bridgehead atoms. The molecule has 8 heteroatoms. The smallest absolute Gasteiger partial charge is 0.274 e. The predicted octanol–water partition coefficient (Wildman–Crippen LogP) is 3.66. The van der Waals surface area contributed by atoms with Gasteiger partial charge in [0.2, 0.25) is 0 Å². The molecule has 0 radical (unpaired) electrons. The Kier molecular flexibility index (Phi) is 4.92. The molecular formula is C21H17N5O2S. The molecule has 4 rings (SSSR count). The normalized spacial score (nSPS) is 10.7. The predicted molar refractivity (Wildman–Crippen MR) is 112 cm³/mol. The van der Waals surface area contributed by atoms with Gasteiger partial charge in [-0.2, -0.15) is 5.10 Å². The molecule has 29 heavy (non-hydrogen) atoms. The van der Waals surface area contributed by atoms with Crippen LogP contribution in [0, 0.1) is 6.92 Å². The molecule has 3 aromatic heterocycles. The van der Waals surface area contributed by atoms with Gasteiger partial charge in [-0.15, -0.1) is 11.3 Å². The molecule has 2 amide bonds. The minimum absolute atomic E-state index is 0.209. The Hall–Kier alpha value is -3.78. The maximum atomic E-state index is 12.8. The standard InChI is InChI=1S/C21H17N5O2S/c1-13-17(14-6-3-2-4-7-14)18(19(22)27)21(29-13)25-20(28)16-12-15(8-10-23-16)26-11-5-9-24-26/h2-12H,1H3,(H2,22,27)(H,25,28).